The van der Waals surface area contributed by atoms with E-state index in [1.807, 2.05) is 36.9 Å². The molecule has 1 aromatic rings. The molecule has 0 bridgehead atoms. The van der Waals surface area contributed by atoms with Crippen molar-refractivity contribution in [3.8, 4) is 5.75 Å². The molecule has 1 saturated heterocycles. The fraction of sp³-hybridized carbons (Fsp3) is 0.556. The van der Waals surface area contributed by atoms with Crippen LogP contribution in [0.15, 0.2) is 18.2 Å². The van der Waals surface area contributed by atoms with Gasteiger partial charge < -0.3 is 15.2 Å². The molecule has 6 heteroatoms. The Balaban J connectivity index is 1.70. The van der Waals surface area contributed by atoms with Crippen molar-refractivity contribution in [1.82, 2.24) is 10.2 Å². The smallest absolute Gasteiger partial charge is 0.310 e. The number of para-hydroxylation sites is 1. The molecule has 132 valence electrons. The molecule has 1 amide bonds. The Morgan fingerprint density at radius 1 is 1.33 bits per heavy atom. The standard InChI is InChI=1S/C18H26N2O4/c1-13-5-4-6-14(2)16(13)24-10-8-19-15(21)11-20-9-7-18(3,12-20)17(22)23/h4-6H,7-12H2,1-3H3,(H,19,21)(H,22,23). The van der Waals surface area contributed by atoms with Crippen molar-refractivity contribution in [1.29, 1.82) is 0 Å². The summed E-state index contributed by atoms with van der Waals surface area (Å²) in [6, 6.07) is 5.97. The summed E-state index contributed by atoms with van der Waals surface area (Å²) >= 11 is 0. The van der Waals surface area contributed by atoms with Crippen LogP contribution in [0.1, 0.15) is 24.5 Å². The maximum absolute atomic E-state index is 12.0. The van der Waals surface area contributed by atoms with E-state index >= 15 is 0 Å². The Kier molecular flexibility index (Phi) is 5.83. The molecule has 1 aromatic carbocycles. The Labute approximate surface area is 142 Å². The Morgan fingerprint density at radius 2 is 2.00 bits per heavy atom. The van der Waals surface area contributed by atoms with Crippen LogP contribution in [0.5, 0.6) is 5.75 Å². The summed E-state index contributed by atoms with van der Waals surface area (Å²) in [6.07, 6.45) is 0.575. The third-order valence-corrected chi connectivity index (χ3v) is 4.52. The number of nitrogens with one attached hydrogen (secondary N) is 1. The van der Waals surface area contributed by atoms with Crippen LogP contribution < -0.4 is 10.1 Å². The maximum Gasteiger partial charge on any atom is 0.310 e. The summed E-state index contributed by atoms with van der Waals surface area (Å²) in [7, 11) is 0. The van der Waals surface area contributed by atoms with Gasteiger partial charge in [-0.25, -0.2) is 0 Å². The van der Waals surface area contributed by atoms with Crippen LogP contribution in [0.3, 0.4) is 0 Å². The van der Waals surface area contributed by atoms with Crippen molar-refractivity contribution in [3.63, 3.8) is 0 Å². The van der Waals surface area contributed by atoms with E-state index in [9.17, 15) is 14.7 Å². The van der Waals surface area contributed by atoms with E-state index in [1.54, 1.807) is 6.92 Å². The summed E-state index contributed by atoms with van der Waals surface area (Å²) in [4.78, 5) is 25.1. The molecule has 1 aliphatic rings. The van der Waals surface area contributed by atoms with Crippen LogP contribution >= 0.6 is 0 Å². The molecule has 1 fully saturated rings. The number of benzene rings is 1. The van der Waals surface area contributed by atoms with E-state index in [0.717, 1.165) is 16.9 Å². The fourth-order valence-electron chi connectivity index (χ4n) is 3.00. The third kappa shape index (κ3) is 4.47. The minimum Gasteiger partial charge on any atom is -0.491 e. The highest BCUT2D eigenvalue weighted by molar-refractivity contribution is 5.79. The number of aliphatic carboxylic acids is 1. The van der Waals surface area contributed by atoms with Crippen molar-refractivity contribution in [2.75, 3.05) is 32.8 Å². The van der Waals surface area contributed by atoms with Gasteiger partial charge in [0.1, 0.15) is 12.4 Å². The lowest BCUT2D eigenvalue weighted by atomic mass is 9.90. The highest BCUT2D eigenvalue weighted by atomic mass is 16.5. The first-order valence-corrected chi connectivity index (χ1v) is 8.23. The molecule has 0 saturated carbocycles. The molecular formula is C18H26N2O4. The Bertz CT molecular complexity index is 597. The Hall–Kier alpha value is -2.08. The lowest BCUT2D eigenvalue weighted by Gasteiger charge is -2.19. The number of aryl methyl sites for hydroxylation is 2. The van der Waals surface area contributed by atoms with Gasteiger partial charge in [0.25, 0.3) is 0 Å². The van der Waals surface area contributed by atoms with Crippen molar-refractivity contribution in [3.05, 3.63) is 29.3 Å². The van der Waals surface area contributed by atoms with E-state index in [-0.39, 0.29) is 12.5 Å². The first-order chi connectivity index (χ1) is 11.3. The number of carboxylic acid groups (broad SMARTS) is 1. The summed E-state index contributed by atoms with van der Waals surface area (Å²) in [5.74, 6) is -0.0364. The first-order valence-electron chi connectivity index (χ1n) is 8.23. The highest BCUT2D eigenvalue weighted by Crippen LogP contribution is 2.29. The zero-order chi connectivity index (χ0) is 17.7. The van der Waals surface area contributed by atoms with Crippen molar-refractivity contribution < 1.29 is 19.4 Å². The molecule has 6 nitrogen and oxygen atoms in total. The highest BCUT2D eigenvalue weighted by Gasteiger charge is 2.40. The van der Waals surface area contributed by atoms with Gasteiger partial charge in [-0.1, -0.05) is 18.2 Å². The van der Waals surface area contributed by atoms with Crippen molar-refractivity contribution >= 4 is 11.9 Å². The first kappa shape index (κ1) is 18.3. The molecule has 1 heterocycles. The van der Waals surface area contributed by atoms with Gasteiger partial charge in [0.15, 0.2) is 0 Å². The monoisotopic (exact) mass is 334 g/mol. The normalized spacial score (nSPS) is 20.8. The van der Waals surface area contributed by atoms with Crippen LogP contribution in [0.2, 0.25) is 0 Å². The van der Waals surface area contributed by atoms with Crippen LogP contribution in [-0.2, 0) is 9.59 Å². The van der Waals surface area contributed by atoms with Gasteiger partial charge in [0.2, 0.25) is 5.91 Å². The summed E-state index contributed by atoms with van der Waals surface area (Å²) in [5.41, 5.74) is 1.41. The average molecular weight is 334 g/mol. The molecule has 0 radical (unpaired) electrons. The van der Waals surface area contributed by atoms with Crippen LogP contribution in [0.4, 0.5) is 0 Å². The zero-order valence-electron chi connectivity index (χ0n) is 14.6. The predicted molar refractivity (Wildman–Crippen MR) is 91.2 cm³/mol. The van der Waals surface area contributed by atoms with Crippen molar-refractivity contribution in [2.24, 2.45) is 5.41 Å². The van der Waals surface area contributed by atoms with Crippen LogP contribution in [0.25, 0.3) is 0 Å². The number of ether oxygens (including phenoxy) is 1. The number of carboxylic acids is 1. The molecule has 1 atom stereocenters. The Morgan fingerprint density at radius 3 is 2.58 bits per heavy atom. The molecule has 0 aromatic heterocycles. The summed E-state index contributed by atoms with van der Waals surface area (Å²) in [5, 5.41) is 12.0. The number of hydrogen-bond donors (Lipinski definition) is 2. The molecule has 2 rings (SSSR count). The molecule has 1 unspecified atom stereocenters. The third-order valence-electron chi connectivity index (χ3n) is 4.52. The second kappa shape index (κ2) is 7.66. The summed E-state index contributed by atoms with van der Waals surface area (Å²) < 4.78 is 5.75. The molecule has 24 heavy (non-hydrogen) atoms. The molecule has 1 aliphatic heterocycles. The van der Waals surface area contributed by atoms with Gasteiger partial charge in [-0.15, -0.1) is 0 Å². The topological polar surface area (TPSA) is 78.9 Å². The average Bonchev–Trinajstić information content (AvgIpc) is 2.88. The van der Waals surface area contributed by atoms with Crippen LogP contribution in [0, 0.1) is 19.3 Å². The quantitative estimate of drug-likeness (QED) is 0.741. The number of amides is 1. The predicted octanol–water partition coefficient (Wildman–Crippen LogP) is 1.60. The second-order valence-corrected chi connectivity index (χ2v) is 6.75. The lowest BCUT2D eigenvalue weighted by molar-refractivity contribution is -0.147. The van der Waals surface area contributed by atoms with Gasteiger partial charge in [-0.05, 0) is 44.9 Å². The van der Waals surface area contributed by atoms with E-state index in [0.29, 0.717) is 32.7 Å². The van der Waals surface area contributed by atoms with E-state index in [4.69, 9.17) is 4.74 Å². The van der Waals surface area contributed by atoms with Crippen molar-refractivity contribution in [2.45, 2.75) is 27.2 Å². The van der Waals surface area contributed by atoms with Gasteiger partial charge in [-0.3, -0.25) is 14.5 Å². The summed E-state index contributed by atoms with van der Waals surface area (Å²) in [6.45, 7) is 7.82. The van der Waals surface area contributed by atoms with E-state index < -0.39 is 11.4 Å². The van der Waals surface area contributed by atoms with Crippen LogP contribution in [-0.4, -0.2) is 54.7 Å². The number of carbonyl (C=O) groups is 2. The fourth-order valence-corrected chi connectivity index (χ4v) is 3.00. The van der Waals surface area contributed by atoms with E-state index in [1.165, 1.54) is 0 Å². The number of hydrogen-bond acceptors (Lipinski definition) is 4. The minimum absolute atomic E-state index is 0.102. The lowest BCUT2D eigenvalue weighted by Crippen LogP contribution is -2.39. The molecule has 2 N–H and O–H groups in total. The number of likely N-dealkylation sites (tertiary alicyclic amines) is 1. The number of nitrogens with zero attached hydrogens (tertiary/aromatic N) is 1. The minimum atomic E-state index is -0.799. The van der Waals surface area contributed by atoms with Gasteiger partial charge in [0.05, 0.1) is 18.5 Å². The van der Waals surface area contributed by atoms with Gasteiger partial charge >= 0.3 is 5.97 Å². The SMILES string of the molecule is Cc1cccc(C)c1OCCNC(=O)CN1CCC(C)(C(=O)O)C1. The largest absolute Gasteiger partial charge is 0.491 e. The molecular weight excluding hydrogens is 308 g/mol. The van der Waals surface area contributed by atoms with Gasteiger partial charge in [0, 0.05) is 6.54 Å². The number of carbonyl (C=O) groups excluding carboxylic acids is 1. The van der Waals surface area contributed by atoms with E-state index in [2.05, 4.69) is 5.32 Å². The number of rotatable bonds is 7. The van der Waals surface area contributed by atoms with Gasteiger partial charge in [-0.2, -0.15) is 0 Å². The molecule has 0 aliphatic carbocycles. The second-order valence-electron chi connectivity index (χ2n) is 6.75. The molecule has 0 spiro atoms. The maximum atomic E-state index is 12.0. The zero-order valence-corrected chi connectivity index (χ0v) is 14.6.